The van der Waals surface area contributed by atoms with Crippen molar-refractivity contribution < 1.29 is 18.3 Å². The maximum Gasteiger partial charge on any atom is 0.387 e. The van der Waals surface area contributed by atoms with E-state index in [2.05, 4.69) is 15.0 Å². The van der Waals surface area contributed by atoms with Crippen LogP contribution in [-0.4, -0.2) is 43.7 Å². The number of nitrogens with one attached hydrogen (secondary N) is 1. The summed E-state index contributed by atoms with van der Waals surface area (Å²) in [6.07, 6.45) is 3.85. The van der Waals surface area contributed by atoms with Crippen molar-refractivity contribution in [1.82, 2.24) is 5.32 Å². The first-order chi connectivity index (χ1) is 10.6. The van der Waals surface area contributed by atoms with E-state index >= 15 is 0 Å². The standard InChI is InChI=1S/C15H20F2N2O2S/c1-22-10-14(20)18-11-3-2-8-19(9-11)12-4-6-13(7-5-12)21-15(16)17/h4-7,11,15H,2-3,8-10H2,1H3,(H,18,20)/t11-/m0/s1. The number of thioether (sulfide) groups is 1. The Morgan fingerprint density at radius 2 is 2.18 bits per heavy atom. The molecule has 1 aromatic rings. The molecule has 0 spiro atoms. The van der Waals surface area contributed by atoms with E-state index in [1.807, 2.05) is 6.26 Å². The second kappa shape index (κ2) is 8.22. The molecular formula is C15H20F2N2O2S. The average molecular weight is 330 g/mol. The van der Waals surface area contributed by atoms with E-state index in [0.29, 0.717) is 5.75 Å². The predicted molar refractivity (Wildman–Crippen MR) is 84.8 cm³/mol. The number of alkyl halides is 2. The highest BCUT2D eigenvalue weighted by Crippen LogP contribution is 2.23. The van der Waals surface area contributed by atoms with Crippen molar-refractivity contribution in [2.75, 3.05) is 30.0 Å². The van der Waals surface area contributed by atoms with E-state index < -0.39 is 6.61 Å². The summed E-state index contributed by atoms with van der Waals surface area (Å²) in [6, 6.07) is 6.74. The number of ether oxygens (including phenoxy) is 1. The summed E-state index contributed by atoms with van der Waals surface area (Å²) >= 11 is 1.50. The Hall–Kier alpha value is -1.50. The van der Waals surface area contributed by atoms with Gasteiger partial charge in [-0.2, -0.15) is 20.5 Å². The number of hydrogen-bond donors (Lipinski definition) is 1. The predicted octanol–water partition coefficient (Wildman–Crippen LogP) is 2.74. The first kappa shape index (κ1) is 16.9. The summed E-state index contributed by atoms with van der Waals surface area (Å²) in [6.45, 7) is -1.18. The minimum atomic E-state index is -2.81. The summed E-state index contributed by atoms with van der Waals surface area (Å²) in [7, 11) is 0. The van der Waals surface area contributed by atoms with E-state index in [9.17, 15) is 13.6 Å². The Labute approximate surface area is 133 Å². The van der Waals surface area contributed by atoms with Gasteiger partial charge in [0, 0.05) is 24.8 Å². The van der Waals surface area contributed by atoms with Crippen LogP contribution in [0.25, 0.3) is 0 Å². The number of carbonyl (C=O) groups excluding carboxylic acids is 1. The number of benzene rings is 1. The molecule has 0 aromatic heterocycles. The first-order valence-corrected chi connectivity index (χ1v) is 8.56. The topological polar surface area (TPSA) is 41.6 Å². The molecule has 1 saturated heterocycles. The molecule has 1 N–H and O–H groups in total. The van der Waals surface area contributed by atoms with Crippen LogP contribution in [0, 0.1) is 0 Å². The number of anilines is 1. The largest absolute Gasteiger partial charge is 0.435 e. The highest BCUT2D eigenvalue weighted by atomic mass is 32.2. The van der Waals surface area contributed by atoms with Gasteiger partial charge in [0.2, 0.25) is 5.91 Å². The zero-order valence-electron chi connectivity index (χ0n) is 12.4. The Kier molecular flexibility index (Phi) is 6.30. The van der Waals surface area contributed by atoms with Crippen LogP contribution in [0.4, 0.5) is 14.5 Å². The fourth-order valence-electron chi connectivity index (χ4n) is 2.57. The van der Waals surface area contributed by atoms with Crippen LogP contribution in [0.15, 0.2) is 24.3 Å². The van der Waals surface area contributed by atoms with Gasteiger partial charge in [-0.3, -0.25) is 4.79 Å². The third kappa shape index (κ3) is 5.05. The lowest BCUT2D eigenvalue weighted by Crippen LogP contribution is -2.48. The van der Waals surface area contributed by atoms with Crippen LogP contribution in [-0.2, 0) is 4.79 Å². The minimum Gasteiger partial charge on any atom is -0.435 e. The number of hydrogen-bond acceptors (Lipinski definition) is 4. The highest BCUT2D eigenvalue weighted by molar-refractivity contribution is 7.99. The van der Waals surface area contributed by atoms with Gasteiger partial charge in [0.05, 0.1) is 5.75 Å². The summed E-state index contributed by atoms with van der Waals surface area (Å²) < 4.78 is 28.6. The molecule has 1 atom stereocenters. The van der Waals surface area contributed by atoms with Crippen LogP contribution >= 0.6 is 11.8 Å². The number of carbonyl (C=O) groups is 1. The zero-order chi connectivity index (χ0) is 15.9. The van der Waals surface area contributed by atoms with Crippen molar-refractivity contribution in [2.24, 2.45) is 0 Å². The van der Waals surface area contributed by atoms with Gasteiger partial charge in [-0.15, -0.1) is 0 Å². The second-order valence-electron chi connectivity index (χ2n) is 5.16. The van der Waals surface area contributed by atoms with E-state index in [-0.39, 0.29) is 17.7 Å². The van der Waals surface area contributed by atoms with Gasteiger partial charge in [-0.1, -0.05) is 0 Å². The molecule has 1 aliphatic heterocycles. The summed E-state index contributed by atoms with van der Waals surface area (Å²) in [4.78, 5) is 13.8. The third-order valence-corrected chi connectivity index (χ3v) is 4.04. The molecule has 2 rings (SSSR count). The van der Waals surface area contributed by atoms with Gasteiger partial charge in [0.1, 0.15) is 5.75 Å². The second-order valence-corrected chi connectivity index (χ2v) is 6.02. The monoisotopic (exact) mass is 330 g/mol. The summed E-state index contributed by atoms with van der Waals surface area (Å²) in [5, 5.41) is 3.03. The van der Waals surface area contributed by atoms with Crippen molar-refractivity contribution >= 4 is 23.4 Å². The first-order valence-electron chi connectivity index (χ1n) is 7.16. The SMILES string of the molecule is CSCC(=O)N[C@H]1CCCN(c2ccc(OC(F)F)cc2)C1. The number of halogens is 2. The van der Waals surface area contributed by atoms with Gasteiger partial charge >= 0.3 is 6.61 Å². The van der Waals surface area contributed by atoms with Crippen molar-refractivity contribution in [3.05, 3.63) is 24.3 Å². The Morgan fingerprint density at radius 1 is 1.45 bits per heavy atom. The van der Waals surface area contributed by atoms with Crippen LogP contribution in [0.3, 0.4) is 0 Å². The zero-order valence-corrected chi connectivity index (χ0v) is 13.2. The molecule has 22 heavy (non-hydrogen) atoms. The average Bonchev–Trinajstić information content (AvgIpc) is 2.48. The molecule has 1 aliphatic rings. The Balaban J connectivity index is 1.92. The molecule has 0 radical (unpaired) electrons. The quantitative estimate of drug-likeness (QED) is 0.871. The molecule has 1 heterocycles. The Morgan fingerprint density at radius 3 is 2.82 bits per heavy atom. The molecule has 0 unspecified atom stereocenters. The third-order valence-electron chi connectivity index (χ3n) is 3.49. The molecule has 122 valence electrons. The van der Waals surface area contributed by atoms with Crippen LogP contribution in [0.2, 0.25) is 0 Å². The van der Waals surface area contributed by atoms with Gasteiger partial charge in [0.15, 0.2) is 0 Å². The van der Waals surface area contributed by atoms with Crippen LogP contribution in [0.5, 0.6) is 5.75 Å². The molecule has 1 fully saturated rings. The lowest BCUT2D eigenvalue weighted by molar-refractivity contribution is -0.119. The normalized spacial score (nSPS) is 18.4. The van der Waals surface area contributed by atoms with Crippen molar-refractivity contribution in [3.63, 3.8) is 0 Å². The summed E-state index contributed by atoms with van der Waals surface area (Å²) in [5.74, 6) is 0.677. The van der Waals surface area contributed by atoms with E-state index in [1.165, 1.54) is 23.9 Å². The molecule has 0 bridgehead atoms. The fourth-order valence-corrected chi connectivity index (χ4v) is 2.91. The van der Waals surface area contributed by atoms with Crippen LogP contribution in [0.1, 0.15) is 12.8 Å². The smallest absolute Gasteiger partial charge is 0.387 e. The number of rotatable bonds is 6. The molecule has 4 nitrogen and oxygen atoms in total. The van der Waals surface area contributed by atoms with Gasteiger partial charge in [-0.05, 0) is 43.4 Å². The molecular weight excluding hydrogens is 310 g/mol. The number of amides is 1. The van der Waals surface area contributed by atoms with Crippen molar-refractivity contribution in [2.45, 2.75) is 25.5 Å². The van der Waals surface area contributed by atoms with Crippen molar-refractivity contribution in [1.29, 1.82) is 0 Å². The van der Waals surface area contributed by atoms with Crippen molar-refractivity contribution in [3.8, 4) is 5.75 Å². The van der Waals surface area contributed by atoms with E-state index in [1.54, 1.807) is 12.1 Å². The molecule has 0 saturated carbocycles. The van der Waals surface area contributed by atoms with Gasteiger partial charge in [-0.25, -0.2) is 0 Å². The molecule has 0 aliphatic carbocycles. The minimum absolute atomic E-state index is 0.0556. The lowest BCUT2D eigenvalue weighted by atomic mass is 10.0. The van der Waals surface area contributed by atoms with E-state index in [4.69, 9.17) is 0 Å². The lowest BCUT2D eigenvalue weighted by Gasteiger charge is -2.34. The highest BCUT2D eigenvalue weighted by Gasteiger charge is 2.21. The summed E-state index contributed by atoms with van der Waals surface area (Å²) in [5.41, 5.74) is 0.949. The van der Waals surface area contributed by atoms with Gasteiger partial charge in [0.25, 0.3) is 0 Å². The molecule has 7 heteroatoms. The molecule has 1 aromatic carbocycles. The fraction of sp³-hybridized carbons (Fsp3) is 0.533. The maximum absolute atomic E-state index is 12.1. The van der Waals surface area contributed by atoms with E-state index in [0.717, 1.165) is 31.6 Å². The maximum atomic E-state index is 12.1. The number of nitrogens with zero attached hydrogens (tertiary/aromatic N) is 1. The van der Waals surface area contributed by atoms with Crippen LogP contribution < -0.4 is 15.0 Å². The number of piperidine rings is 1. The Bertz CT molecular complexity index is 485. The van der Waals surface area contributed by atoms with Gasteiger partial charge < -0.3 is 15.0 Å². The molecule has 1 amide bonds.